The van der Waals surface area contributed by atoms with Crippen LogP contribution in [0.5, 0.6) is 0 Å². The largest absolute Gasteiger partial charge is 0.442 e. The Morgan fingerprint density at radius 2 is 2.55 bits per heavy atom. The first-order valence-electron chi connectivity index (χ1n) is 3.36. The smallest absolute Gasteiger partial charge is 0.181 e. The zero-order valence-corrected chi connectivity index (χ0v) is 6.52. The van der Waals surface area contributed by atoms with E-state index in [2.05, 4.69) is 10.1 Å². The van der Waals surface area contributed by atoms with Crippen molar-refractivity contribution < 1.29 is 9.25 Å². The van der Waals surface area contributed by atoms with Crippen molar-refractivity contribution in [3.63, 3.8) is 0 Å². The minimum atomic E-state index is 0.0918. The summed E-state index contributed by atoms with van der Waals surface area (Å²) in [4.78, 5) is 8.60. The van der Waals surface area contributed by atoms with Gasteiger partial charge >= 0.3 is 0 Å². The van der Waals surface area contributed by atoms with E-state index in [9.17, 15) is 0 Å². The van der Waals surface area contributed by atoms with Crippen molar-refractivity contribution in [2.24, 2.45) is 5.16 Å². The molecular weight excluding hydrogens is 144 g/mol. The molecule has 4 heteroatoms. The maximum absolute atomic E-state index is 4.90. The van der Waals surface area contributed by atoms with E-state index in [0.717, 1.165) is 0 Å². The Hall–Kier alpha value is -1.32. The van der Waals surface area contributed by atoms with E-state index in [0.29, 0.717) is 5.76 Å². The standard InChI is InChI=1S/C7H10N2O2/c1-6(2)11-9-4-7-3-8-5-10-7/h3-6H,1-2H3. The first-order valence-corrected chi connectivity index (χ1v) is 3.36. The molecule has 0 N–H and O–H groups in total. The molecular formula is C7H10N2O2. The van der Waals surface area contributed by atoms with Gasteiger partial charge in [-0.05, 0) is 13.8 Å². The number of oxime groups is 1. The zero-order chi connectivity index (χ0) is 8.10. The highest BCUT2D eigenvalue weighted by Crippen LogP contribution is 1.93. The molecule has 4 nitrogen and oxygen atoms in total. The molecule has 1 rings (SSSR count). The molecule has 0 radical (unpaired) electrons. The Labute approximate surface area is 64.9 Å². The molecule has 11 heavy (non-hydrogen) atoms. The quantitative estimate of drug-likeness (QED) is 0.488. The molecule has 1 aromatic heterocycles. The predicted molar refractivity (Wildman–Crippen MR) is 40.3 cm³/mol. The van der Waals surface area contributed by atoms with Crippen LogP contribution >= 0.6 is 0 Å². The lowest BCUT2D eigenvalue weighted by Crippen LogP contribution is -1.95. The van der Waals surface area contributed by atoms with E-state index in [4.69, 9.17) is 9.25 Å². The van der Waals surface area contributed by atoms with Crippen LogP contribution in [0.25, 0.3) is 0 Å². The Balaban J connectivity index is 2.37. The molecule has 0 aliphatic heterocycles. The van der Waals surface area contributed by atoms with Crippen molar-refractivity contribution in [2.75, 3.05) is 0 Å². The molecule has 0 bridgehead atoms. The van der Waals surface area contributed by atoms with E-state index in [-0.39, 0.29) is 6.10 Å². The minimum absolute atomic E-state index is 0.0918. The fourth-order valence-corrected chi connectivity index (χ4v) is 0.493. The van der Waals surface area contributed by atoms with Crippen LogP contribution in [0, 0.1) is 0 Å². The molecule has 0 unspecified atom stereocenters. The molecule has 0 saturated heterocycles. The first-order chi connectivity index (χ1) is 5.29. The van der Waals surface area contributed by atoms with Crippen molar-refractivity contribution in [3.8, 4) is 0 Å². The topological polar surface area (TPSA) is 47.6 Å². The summed E-state index contributed by atoms with van der Waals surface area (Å²) in [5.41, 5.74) is 0. The number of rotatable bonds is 3. The van der Waals surface area contributed by atoms with Gasteiger partial charge in [-0.3, -0.25) is 0 Å². The van der Waals surface area contributed by atoms with Crippen molar-refractivity contribution in [3.05, 3.63) is 18.4 Å². The second-order valence-electron chi connectivity index (χ2n) is 2.29. The molecule has 0 aliphatic rings. The van der Waals surface area contributed by atoms with E-state index < -0.39 is 0 Å². The highest BCUT2D eigenvalue weighted by atomic mass is 16.6. The summed E-state index contributed by atoms with van der Waals surface area (Å²) in [6, 6.07) is 0. The molecule has 0 amide bonds. The van der Waals surface area contributed by atoms with Gasteiger partial charge in [-0.1, -0.05) is 5.16 Å². The van der Waals surface area contributed by atoms with Gasteiger partial charge in [0.15, 0.2) is 12.2 Å². The van der Waals surface area contributed by atoms with E-state index in [1.54, 1.807) is 6.20 Å². The third-order valence-electron chi connectivity index (χ3n) is 0.903. The van der Waals surface area contributed by atoms with Crippen LogP contribution in [0.15, 0.2) is 22.2 Å². The van der Waals surface area contributed by atoms with Crippen LogP contribution < -0.4 is 0 Å². The highest BCUT2D eigenvalue weighted by molar-refractivity contribution is 5.74. The van der Waals surface area contributed by atoms with Crippen LogP contribution in [0.3, 0.4) is 0 Å². The van der Waals surface area contributed by atoms with Gasteiger partial charge in [0, 0.05) is 0 Å². The number of nitrogens with zero attached hydrogens (tertiary/aromatic N) is 2. The van der Waals surface area contributed by atoms with Crippen LogP contribution in [-0.4, -0.2) is 17.3 Å². The molecule has 0 atom stereocenters. The van der Waals surface area contributed by atoms with Gasteiger partial charge in [0.2, 0.25) is 0 Å². The average molecular weight is 154 g/mol. The molecule has 0 aliphatic carbocycles. The first kappa shape index (κ1) is 7.78. The second-order valence-corrected chi connectivity index (χ2v) is 2.29. The summed E-state index contributed by atoms with van der Waals surface area (Å²) in [5.74, 6) is 0.589. The van der Waals surface area contributed by atoms with Gasteiger partial charge in [0.25, 0.3) is 0 Å². The van der Waals surface area contributed by atoms with Gasteiger partial charge in [-0.15, -0.1) is 0 Å². The third kappa shape index (κ3) is 2.84. The van der Waals surface area contributed by atoms with Crippen molar-refractivity contribution in [1.29, 1.82) is 0 Å². The summed E-state index contributed by atoms with van der Waals surface area (Å²) in [6.45, 7) is 3.80. The highest BCUT2D eigenvalue weighted by Gasteiger charge is 1.90. The Kier molecular flexibility index (Phi) is 2.66. The molecule has 0 aromatic carbocycles. The van der Waals surface area contributed by atoms with Crippen LogP contribution in [0.1, 0.15) is 19.6 Å². The van der Waals surface area contributed by atoms with Crippen molar-refractivity contribution in [1.82, 2.24) is 4.98 Å². The zero-order valence-electron chi connectivity index (χ0n) is 6.52. The maximum atomic E-state index is 4.90. The van der Waals surface area contributed by atoms with Gasteiger partial charge in [0.1, 0.15) is 12.3 Å². The van der Waals surface area contributed by atoms with Crippen LogP contribution in [0.2, 0.25) is 0 Å². The molecule has 0 saturated carbocycles. The lowest BCUT2D eigenvalue weighted by molar-refractivity contribution is 0.0871. The molecule has 0 spiro atoms. The molecule has 1 aromatic rings. The normalized spacial score (nSPS) is 11.2. The van der Waals surface area contributed by atoms with E-state index in [1.807, 2.05) is 13.8 Å². The van der Waals surface area contributed by atoms with E-state index >= 15 is 0 Å². The Morgan fingerprint density at radius 1 is 1.73 bits per heavy atom. The number of hydrogen-bond acceptors (Lipinski definition) is 4. The van der Waals surface area contributed by atoms with Crippen LogP contribution in [-0.2, 0) is 4.84 Å². The van der Waals surface area contributed by atoms with Crippen molar-refractivity contribution >= 4 is 6.21 Å². The number of hydrogen-bond donors (Lipinski definition) is 0. The van der Waals surface area contributed by atoms with Gasteiger partial charge in [0.05, 0.1) is 6.20 Å². The predicted octanol–water partition coefficient (Wildman–Crippen LogP) is 1.43. The summed E-state index contributed by atoms with van der Waals surface area (Å²) >= 11 is 0. The summed E-state index contributed by atoms with van der Waals surface area (Å²) < 4.78 is 4.87. The number of aromatic nitrogens is 1. The molecule has 1 heterocycles. The SMILES string of the molecule is CC(C)ON=Cc1cnco1. The number of oxazole rings is 1. The molecule has 60 valence electrons. The average Bonchev–Trinajstić information content (AvgIpc) is 2.39. The lowest BCUT2D eigenvalue weighted by Gasteiger charge is -1.98. The fraction of sp³-hybridized carbons (Fsp3) is 0.429. The van der Waals surface area contributed by atoms with Gasteiger partial charge in [-0.25, -0.2) is 4.98 Å². The third-order valence-corrected chi connectivity index (χ3v) is 0.903. The lowest BCUT2D eigenvalue weighted by atomic mass is 10.5. The Morgan fingerprint density at radius 3 is 3.09 bits per heavy atom. The van der Waals surface area contributed by atoms with Gasteiger partial charge in [-0.2, -0.15) is 0 Å². The molecule has 0 fully saturated rings. The summed E-state index contributed by atoms with van der Waals surface area (Å²) in [7, 11) is 0. The fourth-order valence-electron chi connectivity index (χ4n) is 0.493. The monoisotopic (exact) mass is 154 g/mol. The maximum Gasteiger partial charge on any atom is 0.181 e. The van der Waals surface area contributed by atoms with E-state index in [1.165, 1.54) is 12.6 Å². The van der Waals surface area contributed by atoms with Crippen LogP contribution in [0.4, 0.5) is 0 Å². The summed E-state index contributed by atoms with van der Waals surface area (Å²) in [5, 5.41) is 3.65. The second kappa shape index (κ2) is 3.75. The Bertz CT molecular complexity index is 216. The minimum Gasteiger partial charge on any atom is -0.442 e. The summed E-state index contributed by atoms with van der Waals surface area (Å²) in [6.07, 6.45) is 4.48. The van der Waals surface area contributed by atoms with Crippen molar-refractivity contribution in [2.45, 2.75) is 20.0 Å². The van der Waals surface area contributed by atoms with Gasteiger partial charge < -0.3 is 9.25 Å².